The molecule has 8 heteroatoms. The number of fused-ring (bicyclic) bond motifs is 1. The molecule has 1 saturated heterocycles. The topological polar surface area (TPSA) is 77.4 Å². The average Bonchev–Trinajstić information content (AvgIpc) is 2.85. The number of piperazine rings is 1. The predicted octanol–water partition coefficient (Wildman–Crippen LogP) is 3.69. The van der Waals surface area contributed by atoms with Gasteiger partial charge in [-0.1, -0.05) is 36.4 Å². The van der Waals surface area contributed by atoms with Crippen molar-refractivity contribution in [2.45, 2.75) is 0 Å². The lowest BCUT2D eigenvalue weighted by molar-refractivity contribution is 0.188. The van der Waals surface area contributed by atoms with E-state index in [1.807, 2.05) is 36.4 Å². The molecule has 2 aromatic heterocycles. The van der Waals surface area contributed by atoms with Crippen LogP contribution < -0.4 is 10.2 Å². The van der Waals surface area contributed by atoms with Gasteiger partial charge in [-0.3, -0.25) is 4.90 Å². The highest BCUT2D eigenvalue weighted by Crippen LogP contribution is 2.30. The lowest BCUT2D eigenvalue weighted by Crippen LogP contribution is -2.47. The quantitative estimate of drug-likeness (QED) is 0.470. The van der Waals surface area contributed by atoms with Gasteiger partial charge >= 0.3 is 0 Å². The number of rotatable bonds is 6. The van der Waals surface area contributed by atoms with E-state index in [9.17, 15) is 4.39 Å². The molecule has 3 heterocycles. The first kappa shape index (κ1) is 21.2. The van der Waals surface area contributed by atoms with Crippen LogP contribution in [0, 0.1) is 5.82 Å². The summed E-state index contributed by atoms with van der Waals surface area (Å²) in [6.45, 7) is 4.50. The molecule has 0 radical (unpaired) electrons. The zero-order chi connectivity index (χ0) is 22.6. The number of aliphatic hydroxyl groups is 1. The number of nitrogens with zero attached hydrogens (tertiary/aromatic N) is 5. The molecule has 4 aromatic rings. The third-order valence-corrected chi connectivity index (χ3v) is 5.89. The smallest absolute Gasteiger partial charge is 0.227 e. The maximum absolute atomic E-state index is 14.4. The number of aliphatic hydroxyl groups excluding tert-OH is 1. The summed E-state index contributed by atoms with van der Waals surface area (Å²) in [5.41, 5.74) is 2.70. The fourth-order valence-electron chi connectivity index (χ4n) is 4.13. The fraction of sp³-hybridized carbons (Fsp3) is 0.240. The zero-order valence-corrected chi connectivity index (χ0v) is 18.2. The second-order valence-corrected chi connectivity index (χ2v) is 8.00. The van der Waals surface area contributed by atoms with Crippen LogP contribution in [0.25, 0.3) is 22.0 Å². The van der Waals surface area contributed by atoms with Crippen molar-refractivity contribution in [3.63, 3.8) is 0 Å². The molecule has 0 bridgehead atoms. The van der Waals surface area contributed by atoms with Crippen LogP contribution in [0.1, 0.15) is 0 Å². The molecule has 1 fully saturated rings. The third kappa shape index (κ3) is 4.62. The van der Waals surface area contributed by atoms with Crippen LogP contribution in [0.5, 0.6) is 0 Å². The molecule has 168 valence electrons. The number of para-hydroxylation sites is 1. The summed E-state index contributed by atoms with van der Waals surface area (Å²) < 4.78 is 14.4. The van der Waals surface area contributed by atoms with Gasteiger partial charge in [-0.05, 0) is 18.2 Å². The van der Waals surface area contributed by atoms with E-state index in [2.05, 4.69) is 30.1 Å². The molecule has 0 spiro atoms. The average molecular weight is 445 g/mol. The maximum atomic E-state index is 14.4. The number of nitrogens with one attached hydrogen (secondary N) is 1. The molecule has 5 rings (SSSR count). The molecular formula is C25H25FN6O. The molecule has 1 aliphatic heterocycles. The Morgan fingerprint density at radius 2 is 1.70 bits per heavy atom. The van der Waals surface area contributed by atoms with Gasteiger partial charge in [-0.2, -0.15) is 0 Å². The van der Waals surface area contributed by atoms with Gasteiger partial charge in [0.25, 0.3) is 0 Å². The van der Waals surface area contributed by atoms with Gasteiger partial charge in [0.2, 0.25) is 5.95 Å². The largest absolute Gasteiger partial charge is 0.395 e. The first-order valence-electron chi connectivity index (χ1n) is 11.0. The van der Waals surface area contributed by atoms with Crippen molar-refractivity contribution in [2.75, 3.05) is 49.5 Å². The molecule has 0 saturated carbocycles. The van der Waals surface area contributed by atoms with E-state index < -0.39 is 0 Å². The van der Waals surface area contributed by atoms with Crippen molar-refractivity contribution < 1.29 is 9.50 Å². The SMILES string of the molecule is OCCN1CCN(c2ccc(Nc3ncc4cccc(-c5ccccc5F)c4n3)cn2)CC1. The molecule has 1 aliphatic rings. The number of aromatic nitrogens is 3. The fourth-order valence-corrected chi connectivity index (χ4v) is 4.13. The van der Waals surface area contributed by atoms with E-state index >= 15 is 0 Å². The first-order chi connectivity index (χ1) is 16.2. The Labute approximate surface area is 191 Å². The van der Waals surface area contributed by atoms with E-state index in [1.165, 1.54) is 6.07 Å². The van der Waals surface area contributed by atoms with Crippen molar-refractivity contribution in [3.05, 3.63) is 72.8 Å². The minimum Gasteiger partial charge on any atom is -0.395 e. The Morgan fingerprint density at radius 3 is 2.45 bits per heavy atom. The van der Waals surface area contributed by atoms with Crippen LogP contribution in [-0.2, 0) is 0 Å². The molecule has 0 unspecified atom stereocenters. The number of halogens is 1. The second-order valence-electron chi connectivity index (χ2n) is 8.00. The lowest BCUT2D eigenvalue weighted by atomic mass is 10.0. The molecular weight excluding hydrogens is 419 g/mol. The van der Waals surface area contributed by atoms with Crippen LogP contribution >= 0.6 is 0 Å². The Balaban J connectivity index is 1.34. The van der Waals surface area contributed by atoms with Crippen molar-refractivity contribution >= 4 is 28.4 Å². The van der Waals surface area contributed by atoms with Crippen LogP contribution in [-0.4, -0.2) is 64.3 Å². The summed E-state index contributed by atoms with van der Waals surface area (Å²) >= 11 is 0. The number of pyridine rings is 1. The molecule has 2 N–H and O–H groups in total. The van der Waals surface area contributed by atoms with Crippen LogP contribution in [0.3, 0.4) is 0 Å². The third-order valence-electron chi connectivity index (χ3n) is 5.89. The van der Waals surface area contributed by atoms with Crippen molar-refractivity contribution in [2.24, 2.45) is 0 Å². The van der Waals surface area contributed by atoms with Gasteiger partial charge in [0.15, 0.2) is 0 Å². The standard InChI is InChI=1S/C25H25FN6O/c26-22-7-2-1-5-20(22)21-6-3-4-18-16-28-25(30-24(18)21)29-19-8-9-23(27-17-19)32-12-10-31(11-13-32)14-15-33/h1-9,16-17,33H,10-15H2,(H,28,29,30). The summed E-state index contributed by atoms with van der Waals surface area (Å²) in [5.74, 6) is 1.07. The maximum Gasteiger partial charge on any atom is 0.227 e. The van der Waals surface area contributed by atoms with Crippen molar-refractivity contribution in [1.29, 1.82) is 0 Å². The summed E-state index contributed by atoms with van der Waals surface area (Å²) in [4.78, 5) is 18.2. The van der Waals surface area contributed by atoms with Crippen LogP contribution in [0.2, 0.25) is 0 Å². The van der Waals surface area contributed by atoms with Gasteiger partial charge in [0.05, 0.1) is 24.0 Å². The number of anilines is 3. The van der Waals surface area contributed by atoms with E-state index in [4.69, 9.17) is 5.11 Å². The minimum atomic E-state index is -0.282. The highest BCUT2D eigenvalue weighted by Gasteiger charge is 2.17. The minimum absolute atomic E-state index is 0.192. The number of benzene rings is 2. The highest BCUT2D eigenvalue weighted by atomic mass is 19.1. The first-order valence-corrected chi connectivity index (χ1v) is 11.0. The van der Waals surface area contributed by atoms with Crippen LogP contribution in [0.4, 0.5) is 21.8 Å². The predicted molar refractivity (Wildman–Crippen MR) is 128 cm³/mol. The van der Waals surface area contributed by atoms with E-state index in [-0.39, 0.29) is 12.4 Å². The summed E-state index contributed by atoms with van der Waals surface area (Å²) in [6.07, 6.45) is 3.51. The summed E-state index contributed by atoms with van der Waals surface area (Å²) in [6, 6.07) is 16.3. The number of hydrogen-bond donors (Lipinski definition) is 2. The summed E-state index contributed by atoms with van der Waals surface area (Å²) in [5, 5.41) is 13.1. The van der Waals surface area contributed by atoms with Gasteiger partial charge in [0.1, 0.15) is 11.6 Å². The Morgan fingerprint density at radius 1 is 0.879 bits per heavy atom. The van der Waals surface area contributed by atoms with Gasteiger partial charge in [0, 0.05) is 55.4 Å². The van der Waals surface area contributed by atoms with Gasteiger partial charge < -0.3 is 15.3 Å². The zero-order valence-electron chi connectivity index (χ0n) is 18.2. The monoisotopic (exact) mass is 444 g/mol. The molecule has 2 aromatic carbocycles. The van der Waals surface area contributed by atoms with E-state index in [0.717, 1.165) is 48.6 Å². The number of hydrogen-bond acceptors (Lipinski definition) is 7. The van der Waals surface area contributed by atoms with E-state index in [1.54, 1.807) is 24.5 Å². The molecule has 0 amide bonds. The Kier molecular flexibility index (Phi) is 6.10. The van der Waals surface area contributed by atoms with Crippen LogP contribution in [0.15, 0.2) is 67.0 Å². The molecule has 33 heavy (non-hydrogen) atoms. The normalized spacial score (nSPS) is 14.5. The van der Waals surface area contributed by atoms with Gasteiger partial charge in [-0.15, -0.1) is 0 Å². The molecule has 0 aliphatic carbocycles. The van der Waals surface area contributed by atoms with Crippen molar-refractivity contribution in [3.8, 4) is 11.1 Å². The van der Waals surface area contributed by atoms with Crippen molar-refractivity contribution in [1.82, 2.24) is 19.9 Å². The Hall–Kier alpha value is -3.62. The second kappa shape index (κ2) is 9.48. The van der Waals surface area contributed by atoms with Gasteiger partial charge in [-0.25, -0.2) is 19.3 Å². The Bertz CT molecular complexity index is 1240. The molecule has 7 nitrogen and oxygen atoms in total. The lowest BCUT2D eigenvalue weighted by Gasteiger charge is -2.35. The summed E-state index contributed by atoms with van der Waals surface area (Å²) in [7, 11) is 0. The molecule has 0 atom stereocenters. The highest BCUT2D eigenvalue weighted by molar-refractivity contribution is 5.94. The van der Waals surface area contributed by atoms with E-state index in [0.29, 0.717) is 23.6 Å². The number of β-amino-alcohol motifs (C(OH)–C–C–N with tert-alkyl or cyclic N) is 1.